The molecule has 0 spiro atoms. The third-order valence-corrected chi connectivity index (χ3v) is 4.96. The predicted octanol–water partition coefficient (Wildman–Crippen LogP) is 2.19. The van der Waals surface area contributed by atoms with Gasteiger partial charge in [0.25, 0.3) is 5.56 Å². The molecule has 2 heterocycles. The van der Waals surface area contributed by atoms with E-state index in [2.05, 4.69) is 28.8 Å². The third-order valence-electron chi connectivity index (χ3n) is 3.97. The highest BCUT2D eigenvalue weighted by Gasteiger charge is 2.32. The second-order valence-electron chi connectivity index (χ2n) is 6.39. The summed E-state index contributed by atoms with van der Waals surface area (Å²) < 4.78 is 1.66. The average Bonchev–Trinajstić information content (AvgIpc) is 3.30. The lowest BCUT2D eigenvalue weighted by atomic mass is 10.3. The average molecular weight is 318 g/mol. The zero-order valence-corrected chi connectivity index (χ0v) is 13.4. The van der Waals surface area contributed by atoms with Crippen LogP contribution in [0.25, 0.3) is 11.0 Å². The van der Waals surface area contributed by atoms with Crippen molar-refractivity contribution in [2.75, 3.05) is 0 Å². The van der Waals surface area contributed by atoms with E-state index in [1.54, 1.807) is 16.3 Å². The molecule has 1 N–H and O–H groups in total. The van der Waals surface area contributed by atoms with Crippen LogP contribution in [0.3, 0.4) is 0 Å². The summed E-state index contributed by atoms with van der Waals surface area (Å²) in [4.78, 5) is 36.2. The van der Waals surface area contributed by atoms with Gasteiger partial charge in [0.15, 0.2) is 5.65 Å². The van der Waals surface area contributed by atoms with Gasteiger partial charge < -0.3 is 0 Å². The van der Waals surface area contributed by atoms with Crippen LogP contribution in [-0.4, -0.2) is 24.8 Å². The molecule has 116 valence electrons. The Morgan fingerprint density at radius 2 is 1.91 bits per heavy atom. The van der Waals surface area contributed by atoms with Gasteiger partial charge in [0.2, 0.25) is 0 Å². The Hall–Kier alpha value is -1.63. The number of aromatic nitrogens is 4. The second kappa shape index (κ2) is 4.94. The molecule has 6 nitrogen and oxygen atoms in total. The summed E-state index contributed by atoms with van der Waals surface area (Å²) in [5.74, 6) is 1.17. The number of H-pyrrole nitrogens is 1. The molecule has 2 saturated carbocycles. The Morgan fingerprint density at radius 1 is 1.18 bits per heavy atom. The predicted molar refractivity (Wildman–Crippen MR) is 85.7 cm³/mol. The van der Waals surface area contributed by atoms with Gasteiger partial charge in [-0.3, -0.25) is 14.3 Å². The summed E-state index contributed by atoms with van der Waals surface area (Å²) in [6.45, 7) is 4.14. The topological polar surface area (TPSA) is 80.6 Å². The molecule has 0 radical (unpaired) electrons. The van der Waals surface area contributed by atoms with Gasteiger partial charge in [-0.2, -0.15) is 0 Å². The van der Waals surface area contributed by atoms with E-state index in [1.807, 2.05) is 0 Å². The SMILES string of the molecule is CC(C)Sc1nc(C2CC2)nc2c1c(=O)[nH]c(=O)n2C1CC1. The maximum absolute atomic E-state index is 12.3. The monoisotopic (exact) mass is 318 g/mol. The van der Waals surface area contributed by atoms with Crippen molar-refractivity contribution in [3.8, 4) is 0 Å². The molecule has 2 aliphatic carbocycles. The summed E-state index contributed by atoms with van der Waals surface area (Å²) in [6, 6.07) is 0.172. The first-order chi connectivity index (χ1) is 10.5. The molecule has 0 bridgehead atoms. The highest BCUT2D eigenvalue weighted by molar-refractivity contribution is 8.00. The van der Waals surface area contributed by atoms with Crippen LogP contribution in [0.4, 0.5) is 0 Å². The smallest absolute Gasteiger partial charge is 0.274 e. The van der Waals surface area contributed by atoms with Gasteiger partial charge in [0, 0.05) is 17.2 Å². The number of fused-ring (bicyclic) bond motifs is 1. The number of rotatable bonds is 4. The second-order valence-corrected chi connectivity index (χ2v) is 7.95. The number of hydrogen-bond donors (Lipinski definition) is 1. The molecule has 0 amide bonds. The van der Waals surface area contributed by atoms with Crippen LogP contribution >= 0.6 is 11.8 Å². The van der Waals surface area contributed by atoms with Crippen molar-refractivity contribution in [2.45, 2.75) is 61.8 Å². The number of aromatic amines is 1. The molecule has 2 aromatic heterocycles. The van der Waals surface area contributed by atoms with Crippen LogP contribution in [0.1, 0.15) is 57.3 Å². The molecular weight excluding hydrogens is 300 g/mol. The number of thioether (sulfide) groups is 1. The molecule has 0 aromatic carbocycles. The molecule has 0 saturated heterocycles. The Kier molecular flexibility index (Phi) is 3.14. The molecule has 7 heteroatoms. The van der Waals surface area contributed by atoms with Gasteiger partial charge >= 0.3 is 5.69 Å². The van der Waals surface area contributed by atoms with E-state index in [1.165, 1.54) is 0 Å². The lowest BCUT2D eigenvalue weighted by molar-refractivity contribution is 0.691. The first-order valence-corrected chi connectivity index (χ1v) is 8.65. The fourth-order valence-electron chi connectivity index (χ4n) is 2.64. The zero-order valence-electron chi connectivity index (χ0n) is 12.6. The first-order valence-electron chi connectivity index (χ1n) is 7.77. The fraction of sp³-hybridized carbons (Fsp3) is 0.600. The summed E-state index contributed by atoms with van der Waals surface area (Å²) in [7, 11) is 0. The summed E-state index contributed by atoms with van der Waals surface area (Å²) in [5, 5.41) is 1.48. The summed E-state index contributed by atoms with van der Waals surface area (Å²) in [6.07, 6.45) is 4.12. The Morgan fingerprint density at radius 3 is 2.50 bits per heavy atom. The minimum atomic E-state index is -0.373. The van der Waals surface area contributed by atoms with Crippen molar-refractivity contribution in [2.24, 2.45) is 0 Å². The molecule has 22 heavy (non-hydrogen) atoms. The Balaban J connectivity index is 2.05. The summed E-state index contributed by atoms with van der Waals surface area (Å²) in [5.41, 5.74) is -0.195. The van der Waals surface area contributed by atoms with E-state index in [4.69, 9.17) is 0 Å². The minimum absolute atomic E-state index is 0.172. The van der Waals surface area contributed by atoms with Gasteiger partial charge in [-0.05, 0) is 25.7 Å². The Bertz CT molecular complexity index is 862. The van der Waals surface area contributed by atoms with E-state index >= 15 is 0 Å². The normalized spacial score (nSPS) is 18.3. The van der Waals surface area contributed by atoms with Crippen molar-refractivity contribution in [1.29, 1.82) is 0 Å². The molecule has 0 unspecified atom stereocenters. The van der Waals surface area contributed by atoms with E-state index < -0.39 is 0 Å². The van der Waals surface area contributed by atoms with Crippen LogP contribution < -0.4 is 11.2 Å². The van der Waals surface area contributed by atoms with Crippen LogP contribution in [0, 0.1) is 0 Å². The van der Waals surface area contributed by atoms with E-state index in [-0.39, 0.29) is 17.3 Å². The highest BCUT2D eigenvalue weighted by atomic mass is 32.2. The minimum Gasteiger partial charge on any atom is -0.274 e. The van der Waals surface area contributed by atoms with Gasteiger partial charge in [0.1, 0.15) is 16.2 Å². The van der Waals surface area contributed by atoms with Gasteiger partial charge in [-0.15, -0.1) is 11.8 Å². The van der Waals surface area contributed by atoms with Gasteiger partial charge in [0.05, 0.1) is 0 Å². The molecule has 4 rings (SSSR count). The molecule has 2 aromatic rings. The van der Waals surface area contributed by atoms with Gasteiger partial charge in [-0.1, -0.05) is 13.8 Å². The largest absolute Gasteiger partial charge is 0.330 e. The van der Waals surface area contributed by atoms with Crippen LogP contribution in [-0.2, 0) is 0 Å². The van der Waals surface area contributed by atoms with E-state index in [0.29, 0.717) is 27.2 Å². The van der Waals surface area contributed by atoms with Gasteiger partial charge in [-0.25, -0.2) is 14.8 Å². The van der Waals surface area contributed by atoms with Crippen molar-refractivity contribution >= 4 is 22.8 Å². The molecule has 0 aliphatic heterocycles. The van der Waals surface area contributed by atoms with Crippen molar-refractivity contribution in [3.63, 3.8) is 0 Å². The maximum Gasteiger partial charge on any atom is 0.330 e. The lowest BCUT2D eigenvalue weighted by Gasteiger charge is -2.12. The van der Waals surface area contributed by atoms with E-state index in [9.17, 15) is 9.59 Å². The fourth-order valence-corrected chi connectivity index (χ4v) is 3.53. The molecular formula is C15H18N4O2S. The number of nitrogens with zero attached hydrogens (tertiary/aromatic N) is 3. The maximum atomic E-state index is 12.3. The molecule has 2 aliphatic rings. The van der Waals surface area contributed by atoms with Crippen LogP contribution in [0.5, 0.6) is 0 Å². The van der Waals surface area contributed by atoms with Crippen LogP contribution in [0.15, 0.2) is 14.6 Å². The lowest BCUT2D eigenvalue weighted by Crippen LogP contribution is -2.31. The molecule has 0 atom stereocenters. The van der Waals surface area contributed by atoms with E-state index in [0.717, 1.165) is 31.5 Å². The Labute approximate surface area is 131 Å². The standard InChI is InChI=1S/C15H18N4O2S/c1-7(2)22-14-10-12(16-11(17-14)8-3-4-8)19(9-5-6-9)15(21)18-13(10)20/h7-9H,3-6H2,1-2H3,(H,18,20,21). The summed E-state index contributed by atoms with van der Waals surface area (Å²) >= 11 is 1.56. The quantitative estimate of drug-likeness (QED) is 0.690. The van der Waals surface area contributed by atoms with Crippen LogP contribution in [0.2, 0.25) is 0 Å². The van der Waals surface area contributed by atoms with Crippen molar-refractivity contribution < 1.29 is 0 Å². The van der Waals surface area contributed by atoms with Crippen molar-refractivity contribution in [1.82, 2.24) is 19.5 Å². The van der Waals surface area contributed by atoms with Crippen molar-refractivity contribution in [3.05, 3.63) is 26.7 Å². The zero-order chi connectivity index (χ0) is 15.4. The number of nitrogens with one attached hydrogen (secondary N) is 1. The highest BCUT2D eigenvalue weighted by Crippen LogP contribution is 2.41. The first kappa shape index (κ1) is 14.0. The third kappa shape index (κ3) is 2.37. The number of hydrogen-bond acceptors (Lipinski definition) is 5. The molecule has 2 fully saturated rings.